The summed E-state index contributed by atoms with van der Waals surface area (Å²) in [6, 6.07) is 0. The smallest absolute Gasteiger partial charge is 0.306 e. The third-order valence-corrected chi connectivity index (χ3v) is 9.23. The predicted octanol–water partition coefficient (Wildman–Crippen LogP) is 4.82. The first-order valence-electron chi connectivity index (χ1n) is 12.9. The molecule has 0 heterocycles. The van der Waals surface area contributed by atoms with E-state index in [2.05, 4.69) is 32.9 Å². The van der Waals surface area contributed by atoms with Crippen molar-refractivity contribution >= 4 is 23.4 Å². The maximum atomic E-state index is 12.1. The zero-order chi connectivity index (χ0) is 25.3. The minimum atomic E-state index is -0.222. The molecule has 6 fully saturated rings. The van der Waals surface area contributed by atoms with E-state index in [9.17, 15) is 14.4 Å². The Morgan fingerprint density at radius 1 is 0.824 bits per heavy atom. The number of hydrogen-bond acceptors (Lipinski definition) is 7. The molecule has 192 valence electrons. The minimum absolute atomic E-state index is 0.0733. The van der Waals surface area contributed by atoms with Crippen LogP contribution in [0.15, 0.2) is 5.16 Å². The average molecular weight is 478 g/mol. The molecule has 0 aliphatic heterocycles. The molecule has 7 nitrogen and oxygen atoms in total. The van der Waals surface area contributed by atoms with Crippen molar-refractivity contribution in [3.05, 3.63) is 0 Å². The van der Waals surface area contributed by atoms with E-state index in [4.69, 9.17) is 14.3 Å². The molecule has 6 aliphatic carbocycles. The van der Waals surface area contributed by atoms with Gasteiger partial charge in [0.05, 0.1) is 31.8 Å². The van der Waals surface area contributed by atoms with Crippen molar-refractivity contribution in [1.29, 1.82) is 0 Å². The van der Waals surface area contributed by atoms with Gasteiger partial charge in [0.1, 0.15) is 12.9 Å². The molecule has 0 saturated heterocycles. The number of fused-ring (bicyclic) bond motifs is 4. The van der Waals surface area contributed by atoms with Gasteiger partial charge in [-0.25, -0.2) is 0 Å². The van der Waals surface area contributed by atoms with Gasteiger partial charge in [-0.1, -0.05) is 32.9 Å². The monoisotopic (exact) mass is 477 g/mol. The number of rotatable bonds is 7. The summed E-state index contributed by atoms with van der Waals surface area (Å²) < 4.78 is 9.94. The van der Waals surface area contributed by atoms with Crippen molar-refractivity contribution in [2.45, 2.75) is 80.1 Å². The number of esters is 2. The predicted molar refractivity (Wildman–Crippen MR) is 129 cm³/mol. The van der Waals surface area contributed by atoms with Crippen LogP contribution in [0.5, 0.6) is 0 Å². The molecular formula is C27H43NO6. The Labute approximate surface area is 204 Å². The highest BCUT2D eigenvalue weighted by Crippen LogP contribution is 2.60. The van der Waals surface area contributed by atoms with Gasteiger partial charge in [-0.05, 0) is 62.2 Å². The molecule has 6 rings (SSSR count). The fourth-order valence-corrected chi connectivity index (χ4v) is 6.77. The van der Waals surface area contributed by atoms with Gasteiger partial charge in [0, 0.05) is 23.7 Å². The maximum Gasteiger partial charge on any atom is 0.306 e. The summed E-state index contributed by atoms with van der Waals surface area (Å²) in [7, 11) is 1.58. The van der Waals surface area contributed by atoms with Crippen LogP contribution in [0, 0.1) is 46.3 Å². The van der Waals surface area contributed by atoms with E-state index >= 15 is 0 Å². The van der Waals surface area contributed by atoms with Gasteiger partial charge in [-0.2, -0.15) is 0 Å². The van der Waals surface area contributed by atoms with Gasteiger partial charge < -0.3 is 14.3 Å². The van der Waals surface area contributed by atoms with Crippen LogP contribution < -0.4 is 0 Å². The summed E-state index contributed by atoms with van der Waals surface area (Å²) >= 11 is 0. The zero-order valence-corrected chi connectivity index (χ0v) is 22.0. The fraction of sp³-hybridized carbons (Fsp3) is 0.852. The number of oxime groups is 1. The molecule has 0 radical (unpaired) electrons. The van der Waals surface area contributed by atoms with Crippen LogP contribution in [0.2, 0.25) is 0 Å². The Morgan fingerprint density at radius 3 is 1.74 bits per heavy atom. The summed E-state index contributed by atoms with van der Waals surface area (Å²) in [4.78, 5) is 40.1. The molecule has 0 aromatic carbocycles. The number of ether oxygens (including phenoxy) is 2. The molecule has 0 aromatic heterocycles. The van der Waals surface area contributed by atoms with Gasteiger partial charge in [0.2, 0.25) is 0 Å². The standard InChI is InChI=1S/C14H23NO3.C13H20O3/c1-5-18-12(16)7-9-6-10-8-11(14(10,2)3)13(9)15-17-4;1-4-16-11(14)6-8-5-9-7-10(12(8)15)13(9,2)3/h9-11H,5-8H2,1-4H3;8-10H,4-7H2,1-3H3/b15-13+;/t9?,10-,11-;8-,9+,10+/m01/s1. The Hall–Kier alpha value is -1.92. The Balaban J connectivity index is 0.000000192. The molecule has 4 bridgehead atoms. The van der Waals surface area contributed by atoms with Crippen molar-refractivity contribution in [2.75, 3.05) is 20.3 Å². The lowest BCUT2D eigenvalue weighted by Gasteiger charge is -2.58. The lowest BCUT2D eigenvalue weighted by Crippen LogP contribution is -2.56. The summed E-state index contributed by atoms with van der Waals surface area (Å²) in [6.45, 7) is 13.4. The summed E-state index contributed by atoms with van der Waals surface area (Å²) in [5.41, 5.74) is 1.54. The summed E-state index contributed by atoms with van der Waals surface area (Å²) in [6.07, 6.45) is 4.86. The number of carbonyl (C=O) groups is 3. The molecule has 1 unspecified atom stereocenters. The Morgan fingerprint density at radius 2 is 1.29 bits per heavy atom. The first kappa shape index (κ1) is 26.7. The minimum Gasteiger partial charge on any atom is -0.466 e. The van der Waals surface area contributed by atoms with Gasteiger partial charge in [-0.3, -0.25) is 14.4 Å². The molecule has 0 aromatic rings. The number of Topliss-reactive ketones (excluding diaryl/α,β-unsaturated/α-hetero) is 1. The zero-order valence-electron chi connectivity index (χ0n) is 22.0. The van der Waals surface area contributed by atoms with Crippen molar-refractivity contribution < 1.29 is 28.7 Å². The van der Waals surface area contributed by atoms with Crippen LogP contribution in [0.25, 0.3) is 0 Å². The lowest BCUT2D eigenvalue weighted by molar-refractivity contribution is -0.162. The van der Waals surface area contributed by atoms with Crippen LogP contribution in [0.1, 0.15) is 80.1 Å². The van der Waals surface area contributed by atoms with Crippen molar-refractivity contribution in [2.24, 2.45) is 51.5 Å². The molecule has 0 N–H and O–H groups in total. The highest BCUT2D eigenvalue weighted by Gasteiger charge is 2.58. The van der Waals surface area contributed by atoms with E-state index in [0.717, 1.165) is 25.0 Å². The first-order chi connectivity index (χ1) is 16.0. The number of hydrogen-bond donors (Lipinski definition) is 0. The van der Waals surface area contributed by atoms with Crippen LogP contribution in [-0.4, -0.2) is 43.8 Å². The Bertz CT molecular complexity index is 816. The van der Waals surface area contributed by atoms with Gasteiger partial charge in [0.25, 0.3) is 0 Å². The summed E-state index contributed by atoms with van der Waals surface area (Å²) in [5, 5.41) is 4.20. The van der Waals surface area contributed by atoms with Crippen molar-refractivity contribution in [3.63, 3.8) is 0 Å². The second-order valence-corrected chi connectivity index (χ2v) is 11.6. The van der Waals surface area contributed by atoms with E-state index < -0.39 is 0 Å². The molecule has 34 heavy (non-hydrogen) atoms. The van der Waals surface area contributed by atoms with Crippen molar-refractivity contribution in [1.82, 2.24) is 0 Å². The SMILES string of the molecule is CCOC(=O)CC1C[C@H]2C[C@@H](/C1=N/OC)C2(C)C.CCOC(=O)C[C@H]1C[C@H]2C[C@@H](C1=O)C2(C)C. The van der Waals surface area contributed by atoms with E-state index in [1.807, 2.05) is 6.92 Å². The normalized spacial score (nSPS) is 35.1. The number of carbonyl (C=O) groups excluding carboxylic acids is 3. The molecule has 6 aliphatic rings. The van der Waals surface area contributed by atoms with Crippen LogP contribution >= 0.6 is 0 Å². The van der Waals surface area contributed by atoms with Crippen LogP contribution in [0.4, 0.5) is 0 Å². The highest BCUT2D eigenvalue weighted by molar-refractivity contribution is 5.94. The second kappa shape index (κ2) is 10.4. The molecule has 7 heteroatoms. The number of nitrogens with zero attached hydrogens (tertiary/aromatic N) is 1. The quantitative estimate of drug-likeness (QED) is 0.386. The van der Waals surface area contributed by atoms with E-state index in [1.165, 1.54) is 6.42 Å². The maximum absolute atomic E-state index is 12.1. The van der Waals surface area contributed by atoms with E-state index in [1.54, 1.807) is 14.0 Å². The van der Waals surface area contributed by atoms with E-state index in [-0.39, 0.29) is 41.5 Å². The topological polar surface area (TPSA) is 91.3 Å². The average Bonchev–Trinajstić information content (AvgIpc) is 2.76. The largest absolute Gasteiger partial charge is 0.466 e. The third kappa shape index (κ3) is 5.03. The Kier molecular flexibility index (Phi) is 8.14. The number of ketones is 1. The highest BCUT2D eigenvalue weighted by atomic mass is 16.6. The molecular weight excluding hydrogens is 434 g/mol. The first-order valence-corrected chi connectivity index (χ1v) is 12.9. The van der Waals surface area contributed by atoms with Gasteiger partial charge in [-0.15, -0.1) is 0 Å². The summed E-state index contributed by atoms with van der Waals surface area (Å²) in [5.74, 6) is 2.07. The molecule has 0 spiro atoms. The lowest BCUT2D eigenvalue weighted by atomic mass is 9.46. The van der Waals surface area contributed by atoms with Crippen molar-refractivity contribution in [3.8, 4) is 0 Å². The van der Waals surface area contributed by atoms with Gasteiger partial charge in [0.15, 0.2) is 0 Å². The second-order valence-electron chi connectivity index (χ2n) is 11.6. The third-order valence-electron chi connectivity index (χ3n) is 9.23. The van der Waals surface area contributed by atoms with E-state index in [0.29, 0.717) is 48.6 Å². The van der Waals surface area contributed by atoms with Gasteiger partial charge >= 0.3 is 11.9 Å². The fourth-order valence-electron chi connectivity index (χ4n) is 6.77. The molecule has 0 amide bonds. The molecule has 6 atom stereocenters. The molecule has 6 saturated carbocycles. The van der Waals surface area contributed by atoms with Crippen LogP contribution in [-0.2, 0) is 28.7 Å². The van der Waals surface area contributed by atoms with Crippen LogP contribution in [0.3, 0.4) is 0 Å².